The number of hydrogen-bond acceptors (Lipinski definition) is 5. The minimum atomic E-state index is -3.42. The van der Waals surface area contributed by atoms with E-state index in [-0.39, 0.29) is 10.9 Å². The van der Waals surface area contributed by atoms with Crippen molar-refractivity contribution in [3.05, 3.63) is 53.2 Å². The first-order valence-electron chi connectivity index (χ1n) is 9.00. The number of sulfonamides is 1. The molecule has 1 saturated heterocycles. The van der Waals surface area contributed by atoms with Gasteiger partial charge in [0, 0.05) is 30.9 Å². The number of nitrogens with one attached hydrogen (secondary N) is 1. The summed E-state index contributed by atoms with van der Waals surface area (Å²) in [6, 6.07) is 11.2. The minimum Gasteiger partial charge on any atom is -0.368 e. The van der Waals surface area contributed by atoms with Crippen LogP contribution in [0.2, 0.25) is 5.02 Å². The molecule has 0 amide bonds. The molecule has 1 N–H and O–H groups in total. The van der Waals surface area contributed by atoms with Crippen molar-refractivity contribution in [1.29, 1.82) is 0 Å². The SMILES string of the molecule is CN(C)C(CNc1ccc(S(=O)(=O)N2CCCC2)cn1)c1ccc(Cl)cc1. The van der Waals surface area contributed by atoms with Gasteiger partial charge in [0.25, 0.3) is 0 Å². The first kappa shape index (κ1) is 20.1. The van der Waals surface area contributed by atoms with Gasteiger partial charge in [0.15, 0.2) is 0 Å². The Kier molecular flexibility index (Phi) is 6.37. The Bertz CT molecular complexity index is 848. The van der Waals surface area contributed by atoms with Crippen molar-refractivity contribution in [2.75, 3.05) is 39.0 Å². The maximum atomic E-state index is 12.6. The lowest BCUT2D eigenvalue weighted by molar-refractivity contribution is 0.311. The monoisotopic (exact) mass is 408 g/mol. The molecule has 1 aliphatic heterocycles. The van der Waals surface area contributed by atoms with Crippen LogP contribution in [-0.2, 0) is 10.0 Å². The van der Waals surface area contributed by atoms with Gasteiger partial charge in [0.05, 0.1) is 6.04 Å². The molecule has 1 aliphatic rings. The molecule has 8 heteroatoms. The Labute approximate surface area is 166 Å². The molecule has 3 rings (SSSR count). The van der Waals surface area contributed by atoms with Crippen LogP contribution in [0.3, 0.4) is 0 Å². The van der Waals surface area contributed by atoms with Crippen molar-refractivity contribution < 1.29 is 8.42 Å². The van der Waals surface area contributed by atoms with Crippen LogP contribution in [0, 0.1) is 0 Å². The van der Waals surface area contributed by atoms with Crippen molar-refractivity contribution in [2.45, 2.75) is 23.8 Å². The number of hydrogen-bond donors (Lipinski definition) is 1. The largest absolute Gasteiger partial charge is 0.368 e. The van der Waals surface area contributed by atoms with Gasteiger partial charge >= 0.3 is 0 Å². The summed E-state index contributed by atoms with van der Waals surface area (Å²) < 4.78 is 26.7. The van der Waals surface area contributed by atoms with Crippen molar-refractivity contribution in [2.24, 2.45) is 0 Å². The van der Waals surface area contributed by atoms with Crippen LogP contribution < -0.4 is 5.32 Å². The molecule has 0 radical (unpaired) electrons. The van der Waals surface area contributed by atoms with Gasteiger partial charge < -0.3 is 10.2 Å². The molecule has 0 spiro atoms. The lowest BCUT2D eigenvalue weighted by Gasteiger charge is -2.25. The van der Waals surface area contributed by atoms with Crippen LogP contribution in [-0.4, -0.2) is 56.3 Å². The van der Waals surface area contributed by atoms with Gasteiger partial charge in [-0.05, 0) is 56.8 Å². The van der Waals surface area contributed by atoms with E-state index in [0.717, 1.165) is 18.4 Å². The third-order valence-corrected chi connectivity index (χ3v) is 6.93. The van der Waals surface area contributed by atoms with E-state index in [9.17, 15) is 8.42 Å². The van der Waals surface area contributed by atoms with E-state index >= 15 is 0 Å². The van der Waals surface area contributed by atoms with Crippen LogP contribution in [0.15, 0.2) is 47.5 Å². The van der Waals surface area contributed by atoms with Gasteiger partial charge in [-0.25, -0.2) is 13.4 Å². The molecular weight excluding hydrogens is 384 g/mol. The fraction of sp³-hybridized carbons (Fsp3) is 0.421. The van der Waals surface area contributed by atoms with E-state index in [1.165, 1.54) is 10.5 Å². The van der Waals surface area contributed by atoms with Gasteiger partial charge in [-0.2, -0.15) is 4.31 Å². The fourth-order valence-corrected chi connectivity index (χ4v) is 4.79. The van der Waals surface area contributed by atoms with Crippen molar-refractivity contribution in [1.82, 2.24) is 14.2 Å². The summed E-state index contributed by atoms with van der Waals surface area (Å²) in [5, 5.41) is 4.00. The molecule has 1 aromatic carbocycles. The zero-order valence-electron chi connectivity index (χ0n) is 15.6. The summed E-state index contributed by atoms with van der Waals surface area (Å²) in [5.74, 6) is 0.649. The Morgan fingerprint density at radius 1 is 1.15 bits per heavy atom. The van der Waals surface area contributed by atoms with E-state index in [4.69, 9.17) is 11.6 Å². The normalized spacial score (nSPS) is 16.6. The Morgan fingerprint density at radius 2 is 1.81 bits per heavy atom. The molecule has 27 heavy (non-hydrogen) atoms. The summed E-state index contributed by atoms with van der Waals surface area (Å²) in [7, 11) is 0.603. The Hall–Kier alpha value is -1.67. The highest BCUT2D eigenvalue weighted by molar-refractivity contribution is 7.89. The predicted molar refractivity (Wildman–Crippen MR) is 109 cm³/mol. The maximum absolute atomic E-state index is 12.6. The molecule has 146 valence electrons. The highest BCUT2D eigenvalue weighted by Crippen LogP contribution is 2.23. The molecule has 2 aromatic rings. The number of aromatic nitrogens is 1. The molecule has 1 fully saturated rings. The number of rotatable bonds is 7. The van der Waals surface area contributed by atoms with E-state index in [1.807, 2.05) is 38.4 Å². The second-order valence-electron chi connectivity index (χ2n) is 6.90. The first-order valence-corrected chi connectivity index (χ1v) is 10.8. The van der Waals surface area contributed by atoms with Crippen LogP contribution in [0.5, 0.6) is 0 Å². The lowest BCUT2D eigenvalue weighted by atomic mass is 10.1. The summed E-state index contributed by atoms with van der Waals surface area (Å²) in [6.07, 6.45) is 3.27. The summed E-state index contributed by atoms with van der Waals surface area (Å²) in [4.78, 5) is 6.66. The third-order valence-electron chi connectivity index (χ3n) is 4.79. The minimum absolute atomic E-state index is 0.136. The average Bonchev–Trinajstić information content (AvgIpc) is 3.19. The molecule has 1 atom stereocenters. The number of nitrogens with zero attached hydrogens (tertiary/aromatic N) is 3. The maximum Gasteiger partial charge on any atom is 0.244 e. The van der Waals surface area contributed by atoms with Crippen molar-refractivity contribution in [3.8, 4) is 0 Å². The summed E-state index contributed by atoms with van der Waals surface area (Å²) in [6.45, 7) is 1.82. The molecule has 0 aliphatic carbocycles. The second kappa shape index (κ2) is 8.56. The van der Waals surface area contributed by atoms with Gasteiger partial charge in [-0.3, -0.25) is 0 Å². The number of likely N-dealkylation sites (N-methyl/N-ethyl adjacent to an activating group) is 1. The van der Waals surface area contributed by atoms with E-state index in [0.29, 0.717) is 30.5 Å². The Morgan fingerprint density at radius 3 is 2.37 bits per heavy atom. The van der Waals surface area contributed by atoms with Crippen molar-refractivity contribution in [3.63, 3.8) is 0 Å². The third kappa shape index (κ3) is 4.79. The smallest absolute Gasteiger partial charge is 0.244 e. The summed E-state index contributed by atoms with van der Waals surface area (Å²) >= 11 is 5.98. The van der Waals surface area contributed by atoms with Gasteiger partial charge in [0.2, 0.25) is 10.0 Å². The highest BCUT2D eigenvalue weighted by Gasteiger charge is 2.27. The number of pyridine rings is 1. The van der Waals surface area contributed by atoms with E-state index < -0.39 is 10.0 Å². The van der Waals surface area contributed by atoms with E-state index in [1.54, 1.807) is 12.1 Å². The number of anilines is 1. The number of halogens is 1. The molecule has 1 aromatic heterocycles. The van der Waals surface area contributed by atoms with Crippen LogP contribution in [0.1, 0.15) is 24.4 Å². The Balaban J connectivity index is 1.67. The molecule has 6 nitrogen and oxygen atoms in total. The standard InChI is InChI=1S/C19H25ClN4O2S/c1-23(2)18(15-5-7-16(20)8-6-15)14-22-19-10-9-17(13-21-19)27(25,26)24-11-3-4-12-24/h5-10,13,18H,3-4,11-12,14H2,1-2H3,(H,21,22). The summed E-state index contributed by atoms with van der Waals surface area (Å²) in [5.41, 5.74) is 1.14. The molecule has 1 unspecified atom stereocenters. The molecule has 2 heterocycles. The highest BCUT2D eigenvalue weighted by atomic mass is 35.5. The van der Waals surface area contributed by atoms with Crippen LogP contribution >= 0.6 is 11.6 Å². The number of benzene rings is 1. The van der Waals surface area contributed by atoms with Gasteiger partial charge in [-0.1, -0.05) is 23.7 Å². The van der Waals surface area contributed by atoms with Crippen molar-refractivity contribution >= 4 is 27.4 Å². The topological polar surface area (TPSA) is 65.5 Å². The fourth-order valence-electron chi connectivity index (χ4n) is 3.20. The predicted octanol–water partition coefficient (Wildman–Crippen LogP) is 3.23. The second-order valence-corrected chi connectivity index (χ2v) is 9.28. The lowest BCUT2D eigenvalue weighted by Crippen LogP contribution is -2.28. The van der Waals surface area contributed by atoms with Gasteiger partial charge in [-0.15, -0.1) is 0 Å². The quantitative estimate of drug-likeness (QED) is 0.761. The first-order chi connectivity index (χ1) is 12.9. The van der Waals surface area contributed by atoms with Crippen LogP contribution in [0.25, 0.3) is 0 Å². The van der Waals surface area contributed by atoms with Gasteiger partial charge in [0.1, 0.15) is 10.7 Å². The van der Waals surface area contributed by atoms with Crippen LogP contribution in [0.4, 0.5) is 5.82 Å². The molecule has 0 saturated carbocycles. The molecule has 0 bridgehead atoms. The zero-order chi connectivity index (χ0) is 19.4. The molecular formula is C19H25ClN4O2S. The zero-order valence-corrected chi connectivity index (χ0v) is 17.2. The van der Waals surface area contributed by atoms with E-state index in [2.05, 4.69) is 15.2 Å². The average molecular weight is 409 g/mol.